The lowest BCUT2D eigenvalue weighted by molar-refractivity contribution is -0.186. The average Bonchev–Trinajstić information content (AvgIpc) is 3.35. The van der Waals surface area contributed by atoms with Gasteiger partial charge in [0.05, 0.1) is 7.11 Å². The maximum absolute atomic E-state index is 14.1. The average molecular weight is 558 g/mol. The van der Waals surface area contributed by atoms with Crippen LogP contribution in [0.3, 0.4) is 0 Å². The summed E-state index contributed by atoms with van der Waals surface area (Å²) in [6, 6.07) is 11.1. The highest BCUT2D eigenvalue weighted by molar-refractivity contribution is 5.94. The molecule has 2 N–H and O–H groups in total. The van der Waals surface area contributed by atoms with Crippen LogP contribution in [0.2, 0.25) is 0 Å². The van der Waals surface area contributed by atoms with Gasteiger partial charge in [0.25, 0.3) is 11.8 Å². The summed E-state index contributed by atoms with van der Waals surface area (Å²) in [6.45, 7) is 4.91. The zero-order valence-electron chi connectivity index (χ0n) is 23.1. The van der Waals surface area contributed by atoms with Gasteiger partial charge < -0.3 is 15.0 Å². The Morgan fingerprint density at radius 2 is 1.75 bits per heavy atom. The third kappa shape index (κ3) is 4.86. The van der Waals surface area contributed by atoms with E-state index in [1.807, 2.05) is 37.4 Å². The first-order valence-corrected chi connectivity index (χ1v) is 13.9. The van der Waals surface area contributed by atoms with Crippen molar-refractivity contribution in [2.24, 2.45) is 5.41 Å². The van der Waals surface area contributed by atoms with Gasteiger partial charge in [-0.1, -0.05) is 12.1 Å². The standard InChI is InChI=1S/C31H35F4N3O2/c1-19-12-25(40-3)23(22-8-10-36-26(19)22)14-38-11-9-29(17-31(34,35)18-29)13-24(38)20-4-6-21(7-5-20)27(39)37-28(2)15-30(32,33)16-28/h4-8,10,12,24,36H,9,11,13-18H2,1-3H3,(H,37,39)/t24-/m0/s1. The van der Waals surface area contributed by atoms with Crippen molar-refractivity contribution in [3.63, 3.8) is 0 Å². The molecule has 1 atom stereocenters. The number of aromatic amines is 1. The molecule has 9 heteroatoms. The number of aromatic nitrogens is 1. The summed E-state index contributed by atoms with van der Waals surface area (Å²) in [5.74, 6) is -4.95. The maximum Gasteiger partial charge on any atom is 0.252 e. The van der Waals surface area contributed by atoms with Crippen molar-refractivity contribution in [1.29, 1.82) is 0 Å². The van der Waals surface area contributed by atoms with E-state index in [4.69, 9.17) is 4.74 Å². The minimum absolute atomic E-state index is 0.0933. The van der Waals surface area contributed by atoms with Crippen molar-refractivity contribution >= 4 is 16.8 Å². The first-order valence-electron chi connectivity index (χ1n) is 13.9. The third-order valence-electron chi connectivity index (χ3n) is 9.23. The second kappa shape index (κ2) is 9.23. The van der Waals surface area contributed by atoms with Gasteiger partial charge in [-0.2, -0.15) is 0 Å². The highest BCUT2D eigenvalue weighted by atomic mass is 19.3. The number of ether oxygens (including phenoxy) is 1. The third-order valence-corrected chi connectivity index (χ3v) is 9.23. The first-order chi connectivity index (χ1) is 18.8. The fraction of sp³-hybridized carbons (Fsp3) is 0.516. The van der Waals surface area contributed by atoms with Crippen molar-refractivity contribution in [2.75, 3.05) is 13.7 Å². The fourth-order valence-electron chi connectivity index (χ4n) is 7.43. The number of hydrogen-bond donors (Lipinski definition) is 2. The van der Waals surface area contributed by atoms with Crippen LogP contribution in [-0.2, 0) is 6.54 Å². The number of fused-ring (bicyclic) bond motifs is 1. The second-order valence-corrected chi connectivity index (χ2v) is 12.6. The number of nitrogens with one attached hydrogen (secondary N) is 2. The Morgan fingerprint density at radius 3 is 2.38 bits per heavy atom. The molecule has 6 rings (SSSR count). The smallest absolute Gasteiger partial charge is 0.252 e. The largest absolute Gasteiger partial charge is 0.496 e. The number of halogens is 4. The fourth-order valence-corrected chi connectivity index (χ4v) is 7.43. The van der Waals surface area contributed by atoms with Crippen LogP contribution in [-0.4, -0.2) is 46.8 Å². The van der Waals surface area contributed by atoms with E-state index in [2.05, 4.69) is 15.2 Å². The topological polar surface area (TPSA) is 57.4 Å². The molecule has 40 heavy (non-hydrogen) atoms. The minimum Gasteiger partial charge on any atom is -0.496 e. The molecule has 214 valence electrons. The summed E-state index contributed by atoms with van der Waals surface area (Å²) in [6.07, 6.45) is 2.29. The number of nitrogens with zero attached hydrogens (tertiary/aromatic N) is 1. The highest BCUT2D eigenvalue weighted by Crippen LogP contribution is 2.60. The Balaban J connectivity index is 1.27. The van der Waals surface area contributed by atoms with Crippen molar-refractivity contribution in [2.45, 2.75) is 82.3 Å². The van der Waals surface area contributed by atoms with Crippen molar-refractivity contribution in [3.8, 4) is 5.75 Å². The van der Waals surface area contributed by atoms with Crippen LogP contribution in [0.5, 0.6) is 5.75 Å². The van der Waals surface area contributed by atoms with Gasteiger partial charge in [-0.25, -0.2) is 17.6 Å². The number of H-pyrrole nitrogens is 1. The SMILES string of the molecule is COc1cc(C)c2[nH]ccc2c1CN1CCC2(C[C@H]1c1ccc(C(=O)NC3(C)CC(F)(F)C3)cc1)CC(F)(F)C2. The molecule has 2 aromatic carbocycles. The van der Waals surface area contributed by atoms with E-state index < -0.39 is 22.8 Å². The predicted octanol–water partition coefficient (Wildman–Crippen LogP) is 7.16. The van der Waals surface area contributed by atoms with Crippen LogP contribution >= 0.6 is 0 Å². The Bertz CT molecular complexity index is 1430. The lowest BCUT2D eigenvalue weighted by Crippen LogP contribution is -2.60. The highest BCUT2D eigenvalue weighted by Gasteiger charge is 2.58. The number of aryl methyl sites for hydroxylation is 1. The molecular weight excluding hydrogens is 522 g/mol. The van der Waals surface area contributed by atoms with Gasteiger partial charge in [-0.3, -0.25) is 9.69 Å². The van der Waals surface area contributed by atoms with E-state index in [-0.39, 0.29) is 37.6 Å². The summed E-state index contributed by atoms with van der Waals surface area (Å²) >= 11 is 0. The van der Waals surface area contributed by atoms with Crippen LogP contribution < -0.4 is 10.1 Å². The van der Waals surface area contributed by atoms with Gasteiger partial charge in [-0.15, -0.1) is 0 Å². The predicted molar refractivity (Wildman–Crippen MR) is 145 cm³/mol. The molecule has 2 aliphatic carbocycles. The van der Waals surface area contributed by atoms with Gasteiger partial charge in [0.2, 0.25) is 5.92 Å². The molecule has 5 nitrogen and oxygen atoms in total. The molecule has 3 aliphatic rings. The quantitative estimate of drug-likeness (QED) is 0.317. The van der Waals surface area contributed by atoms with Gasteiger partial charge in [-0.05, 0) is 74.0 Å². The van der Waals surface area contributed by atoms with E-state index in [0.29, 0.717) is 31.5 Å². The number of likely N-dealkylation sites (tertiary alicyclic amines) is 1. The van der Waals surface area contributed by atoms with Crippen molar-refractivity contribution in [3.05, 3.63) is 64.8 Å². The summed E-state index contributed by atoms with van der Waals surface area (Å²) in [7, 11) is 1.66. The second-order valence-electron chi connectivity index (χ2n) is 12.6. The summed E-state index contributed by atoms with van der Waals surface area (Å²) < 4.78 is 60.7. The number of carbonyl (C=O) groups excluding carboxylic acids is 1. The monoisotopic (exact) mass is 557 g/mol. The summed E-state index contributed by atoms with van der Waals surface area (Å²) in [5.41, 5.74) is 3.20. The molecule has 2 heterocycles. The molecule has 1 aliphatic heterocycles. The Kier molecular flexibility index (Phi) is 6.25. The van der Waals surface area contributed by atoms with Crippen LogP contribution in [0.15, 0.2) is 42.6 Å². The summed E-state index contributed by atoms with van der Waals surface area (Å²) in [4.78, 5) is 18.5. The molecule has 2 saturated carbocycles. The van der Waals surface area contributed by atoms with Crippen LogP contribution in [0.4, 0.5) is 17.6 Å². The van der Waals surface area contributed by atoms with Gasteiger partial charge in [0.1, 0.15) is 5.75 Å². The van der Waals surface area contributed by atoms with Crippen LogP contribution in [0.1, 0.15) is 78.5 Å². The van der Waals surface area contributed by atoms with E-state index >= 15 is 0 Å². The summed E-state index contributed by atoms with van der Waals surface area (Å²) in [5, 5.41) is 3.82. The zero-order chi connectivity index (χ0) is 28.5. The molecule has 0 bridgehead atoms. The number of rotatable bonds is 6. The minimum atomic E-state index is -2.74. The van der Waals surface area contributed by atoms with E-state index in [1.165, 1.54) is 0 Å². The number of alkyl halides is 4. The van der Waals surface area contributed by atoms with Crippen molar-refractivity contribution in [1.82, 2.24) is 15.2 Å². The molecule has 1 spiro atoms. The van der Waals surface area contributed by atoms with E-state index in [9.17, 15) is 22.4 Å². The maximum atomic E-state index is 14.1. The van der Waals surface area contributed by atoms with Gasteiger partial charge in [0, 0.05) is 72.0 Å². The molecule has 0 unspecified atom stereocenters. The number of benzene rings is 2. The number of piperidine rings is 1. The molecular formula is C31H35F4N3O2. The van der Waals surface area contributed by atoms with Crippen LogP contribution in [0, 0.1) is 12.3 Å². The Labute approximate surface area is 231 Å². The zero-order valence-corrected chi connectivity index (χ0v) is 23.1. The Hall–Kier alpha value is -3.07. The molecule has 3 fully saturated rings. The molecule has 3 aromatic rings. The van der Waals surface area contributed by atoms with Gasteiger partial charge in [0.15, 0.2) is 0 Å². The number of hydrogen-bond acceptors (Lipinski definition) is 3. The lowest BCUT2D eigenvalue weighted by atomic mass is 9.59. The van der Waals surface area contributed by atoms with Crippen molar-refractivity contribution < 1.29 is 27.1 Å². The van der Waals surface area contributed by atoms with E-state index in [1.54, 1.807) is 26.2 Å². The first kappa shape index (κ1) is 27.1. The number of amides is 1. The molecule has 1 amide bonds. The number of methoxy groups -OCH3 is 1. The molecule has 1 saturated heterocycles. The molecule has 1 aromatic heterocycles. The van der Waals surface area contributed by atoms with E-state index in [0.717, 1.165) is 33.3 Å². The molecule has 0 radical (unpaired) electrons. The lowest BCUT2D eigenvalue weighted by Gasteiger charge is -2.54. The normalized spacial score (nSPS) is 24.3. The van der Waals surface area contributed by atoms with Gasteiger partial charge >= 0.3 is 0 Å². The Morgan fingerprint density at radius 1 is 1.07 bits per heavy atom. The van der Waals surface area contributed by atoms with Crippen LogP contribution in [0.25, 0.3) is 10.9 Å². The number of carbonyl (C=O) groups is 1.